The quantitative estimate of drug-likeness (QED) is 0.875. The molecular weight excluding hydrogens is 241 g/mol. The van der Waals surface area contributed by atoms with Gasteiger partial charge in [-0.2, -0.15) is 0 Å². The van der Waals surface area contributed by atoms with E-state index in [1.807, 2.05) is 12.1 Å². The lowest BCUT2D eigenvalue weighted by atomic mass is 9.76. The van der Waals surface area contributed by atoms with E-state index in [4.69, 9.17) is 0 Å². The number of rotatable bonds is 4. The molecule has 0 aromatic heterocycles. The zero-order valence-electron chi connectivity index (χ0n) is 11.2. The van der Waals surface area contributed by atoms with Crippen molar-refractivity contribution in [1.82, 2.24) is 5.32 Å². The average molecular weight is 263 g/mol. The molecule has 0 heterocycles. The van der Waals surface area contributed by atoms with Crippen molar-refractivity contribution < 1.29 is 9.50 Å². The average Bonchev–Trinajstić information content (AvgIpc) is 2.75. The number of aliphatic hydroxyl groups excluding tert-OH is 1. The van der Waals surface area contributed by atoms with Gasteiger partial charge in [-0.1, -0.05) is 12.1 Å². The second-order valence-electron chi connectivity index (χ2n) is 6.16. The van der Waals surface area contributed by atoms with Gasteiger partial charge >= 0.3 is 0 Å². The van der Waals surface area contributed by atoms with Crippen LogP contribution in [0.4, 0.5) is 4.39 Å². The molecule has 2 fully saturated rings. The summed E-state index contributed by atoms with van der Waals surface area (Å²) in [5, 5.41) is 13.1. The van der Waals surface area contributed by atoms with Gasteiger partial charge in [0.05, 0.1) is 6.10 Å². The normalized spacial score (nSPS) is 34.2. The first-order valence-corrected chi connectivity index (χ1v) is 7.37. The van der Waals surface area contributed by atoms with Crippen molar-refractivity contribution in [3.05, 3.63) is 35.6 Å². The SMILES string of the molecule is OC1CCC(CNC2CC(c3ccc(F)cc3)C2)C1. The second-order valence-corrected chi connectivity index (χ2v) is 6.16. The summed E-state index contributed by atoms with van der Waals surface area (Å²) in [6, 6.07) is 7.52. The topological polar surface area (TPSA) is 32.3 Å². The highest BCUT2D eigenvalue weighted by atomic mass is 19.1. The van der Waals surface area contributed by atoms with E-state index in [9.17, 15) is 9.50 Å². The second kappa shape index (κ2) is 5.59. The Bertz CT molecular complexity index is 413. The molecule has 2 unspecified atom stereocenters. The van der Waals surface area contributed by atoms with Crippen LogP contribution in [0.1, 0.15) is 43.6 Å². The van der Waals surface area contributed by atoms with Crippen molar-refractivity contribution in [2.75, 3.05) is 6.54 Å². The number of benzene rings is 1. The lowest BCUT2D eigenvalue weighted by Crippen LogP contribution is -2.42. The Kier molecular flexibility index (Phi) is 3.85. The Morgan fingerprint density at radius 2 is 1.84 bits per heavy atom. The van der Waals surface area contributed by atoms with Crippen molar-refractivity contribution in [2.24, 2.45) is 5.92 Å². The van der Waals surface area contributed by atoms with Gasteiger partial charge in [-0.15, -0.1) is 0 Å². The Morgan fingerprint density at radius 1 is 1.11 bits per heavy atom. The summed E-state index contributed by atoms with van der Waals surface area (Å²) in [4.78, 5) is 0. The van der Waals surface area contributed by atoms with Crippen molar-refractivity contribution in [3.63, 3.8) is 0 Å². The third-order valence-electron chi connectivity index (χ3n) is 4.69. The molecule has 104 valence electrons. The molecule has 0 radical (unpaired) electrons. The summed E-state index contributed by atoms with van der Waals surface area (Å²) in [6.07, 6.45) is 5.32. The summed E-state index contributed by atoms with van der Waals surface area (Å²) in [6.45, 7) is 1.04. The lowest BCUT2D eigenvalue weighted by molar-refractivity contribution is 0.175. The molecule has 0 saturated heterocycles. The first kappa shape index (κ1) is 13.1. The minimum Gasteiger partial charge on any atom is -0.393 e. The Morgan fingerprint density at radius 3 is 2.47 bits per heavy atom. The van der Waals surface area contributed by atoms with Gasteiger partial charge in [-0.05, 0) is 68.2 Å². The molecule has 0 aliphatic heterocycles. The summed E-state index contributed by atoms with van der Waals surface area (Å²) in [7, 11) is 0. The fourth-order valence-corrected chi connectivity index (χ4v) is 3.36. The van der Waals surface area contributed by atoms with E-state index in [-0.39, 0.29) is 11.9 Å². The fraction of sp³-hybridized carbons (Fsp3) is 0.625. The molecule has 1 aromatic rings. The minimum atomic E-state index is -0.155. The maximum absolute atomic E-state index is 12.8. The molecule has 1 aromatic carbocycles. The monoisotopic (exact) mass is 263 g/mol. The zero-order valence-corrected chi connectivity index (χ0v) is 11.2. The molecule has 2 aliphatic rings. The number of hydrogen-bond donors (Lipinski definition) is 2. The number of halogens is 1. The van der Waals surface area contributed by atoms with E-state index in [2.05, 4.69) is 5.32 Å². The highest BCUT2D eigenvalue weighted by Crippen LogP contribution is 2.37. The third kappa shape index (κ3) is 3.15. The van der Waals surface area contributed by atoms with E-state index in [0.717, 1.165) is 38.6 Å². The Labute approximate surface area is 114 Å². The van der Waals surface area contributed by atoms with Crippen LogP contribution >= 0.6 is 0 Å². The van der Waals surface area contributed by atoms with Gasteiger partial charge < -0.3 is 10.4 Å². The van der Waals surface area contributed by atoms with Crippen LogP contribution in [0.2, 0.25) is 0 Å². The van der Waals surface area contributed by atoms with Crippen LogP contribution in [0, 0.1) is 11.7 Å². The minimum absolute atomic E-state index is 0.0693. The van der Waals surface area contributed by atoms with Crippen LogP contribution < -0.4 is 5.32 Å². The Balaban J connectivity index is 1.39. The molecule has 19 heavy (non-hydrogen) atoms. The molecule has 2 atom stereocenters. The highest BCUT2D eigenvalue weighted by Gasteiger charge is 2.31. The molecule has 0 amide bonds. The van der Waals surface area contributed by atoms with E-state index < -0.39 is 0 Å². The highest BCUT2D eigenvalue weighted by molar-refractivity contribution is 5.23. The number of aliphatic hydroxyl groups is 1. The zero-order chi connectivity index (χ0) is 13.2. The Hall–Kier alpha value is -0.930. The molecule has 0 bridgehead atoms. The van der Waals surface area contributed by atoms with Gasteiger partial charge in [0.15, 0.2) is 0 Å². The molecule has 2 aliphatic carbocycles. The summed E-state index contributed by atoms with van der Waals surface area (Å²) in [5.41, 5.74) is 1.26. The predicted octanol–water partition coefficient (Wildman–Crippen LogP) is 2.82. The fourth-order valence-electron chi connectivity index (χ4n) is 3.36. The summed E-state index contributed by atoms with van der Waals surface area (Å²) in [5.74, 6) is 1.09. The third-order valence-corrected chi connectivity index (χ3v) is 4.69. The number of hydrogen-bond acceptors (Lipinski definition) is 2. The van der Waals surface area contributed by atoms with Crippen LogP contribution in [0.15, 0.2) is 24.3 Å². The van der Waals surface area contributed by atoms with E-state index in [1.165, 1.54) is 5.56 Å². The van der Waals surface area contributed by atoms with Crippen molar-refractivity contribution in [2.45, 2.75) is 50.2 Å². The first-order valence-electron chi connectivity index (χ1n) is 7.37. The van der Waals surface area contributed by atoms with Gasteiger partial charge in [0.25, 0.3) is 0 Å². The largest absolute Gasteiger partial charge is 0.393 e. The van der Waals surface area contributed by atoms with Gasteiger partial charge in [0.1, 0.15) is 5.82 Å². The van der Waals surface area contributed by atoms with Crippen LogP contribution in [0.25, 0.3) is 0 Å². The van der Waals surface area contributed by atoms with Crippen molar-refractivity contribution in [1.29, 1.82) is 0 Å². The molecular formula is C16H22FNO. The standard InChI is InChI=1S/C16H22FNO/c17-14-4-2-12(3-5-14)13-8-15(9-13)18-10-11-1-6-16(19)7-11/h2-5,11,13,15-16,18-19H,1,6-10H2. The van der Waals surface area contributed by atoms with Crippen molar-refractivity contribution >= 4 is 0 Å². The maximum atomic E-state index is 12.8. The first-order chi connectivity index (χ1) is 9.20. The van der Waals surface area contributed by atoms with Gasteiger partial charge in [-0.25, -0.2) is 4.39 Å². The molecule has 3 heteroatoms. The molecule has 2 N–H and O–H groups in total. The lowest BCUT2D eigenvalue weighted by Gasteiger charge is -2.37. The molecule has 0 spiro atoms. The predicted molar refractivity (Wildman–Crippen MR) is 73.5 cm³/mol. The number of nitrogens with one attached hydrogen (secondary N) is 1. The maximum Gasteiger partial charge on any atom is 0.123 e. The molecule has 2 saturated carbocycles. The van der Waals surface area contributed by atoms with Gasteiger partial charge in [0.2, 0.25) is 0 Å². The smallest absolute Gasteiger partial charge is 0.123 e. The van der Waals surface area contributed by atoms with E-state index in [1.54, 1.807) is 12.1 Å². The summed E-state index contributed by atoms with van der Waals surface area (Å²) >= 11 is 0. The van der Waals surface area contributed by atoms with Crippen LogP contribution in [-0.2, 0) is 0 Å². The molecule has 3 rings (SSSR count). The van der Waals surface area contributed by atoms with Crippen molar-refractivity contribution in [3.8, 4) is 0 Å². The van der Waals surface area contributed by atoms with Crippen LogP contribution in [0.5, 0.6) is 0 Å². The van der Waals surface area contributed by atoms with Gasteiger partial charge in [0, 0.05) is 6.04 Å². The van der Waals surface area contributed by atoms with E-state index in [0.29, 0.717) is 17.9 Å². The van der Waals surface area contributed by atoms with Crippen LogP contribution in [0.3, 0.4) is 0 Å². The molecule has 2 nitrogen and oxygen atoms in total. The van der Waals surface area contributed by atoms with E-state index >= 15 is 0 Å². The van der Waals surface area contributed by atoms with Crippen LogP contribution in [-0.4, -0.2) is 23.8 Å². The summed E-state index contributed by atoms with van der Waals surface area (Å²) < 4.78 is 12.8. The van der Waals surface area contributed by atoms with Gasteiger partial charge in [-0.3, -0.25) is 0 Å².